The average molecular weight is 325 g/mol. The van der Waals surface area contributed by atoms with E-state index in [9.17, 15) is 4.79 Å². The quantitative estimate of drug-likeness (QED) is 0.869. The Balaban J connectivity index is 2.46. The first-order valence-electron chi connectivity index (χ1n) is 13.0. The van der Waals surface area contributed by atoms with Crippen LogP contribution in [-0.2, 0) is 4.79 Å². The Kier molecular flexibility index (Phi) is 1.66. The molecule has 0 radical (unpaired) electrons. The standard InChI is InChI=1S/C16H20N6O/c1-11-5-7-22(14(23)8-17-2)9-13(11)21(3)16-12-4-6-18-15(12)19-10-20-16/h4,6,10-11,13H,5,7-9H2,1,3H3,(H,18,19,20)/t11-,13+/m1/s1/i3D3,5D2,7D2,8D2,9D2,10D,13D. The van der Waals surface area contributed by atoms with Crippen molar-refractivity contribution in [3.05, 3.63) is 30.0 Å². The van der Waals surface area contributed by atoms with E-state index in [4.69, 9.17) is 24.4 Å². The highest BCUT2D eigenvalue weighted by molar-refractivity contribution is 5.87. The second-order valence-electron chi connectivity index (χ2n) is 4.56. The van der Waals surface area contributed by atoms with Crippen molar-refractivity contribution >= 4 is 22.8 Å². The summed E-state index contributed by atoms with van der Waals surface area (Å²) in [7, 11) is 0. The number of likely N-dealkylation sites (N-methyl/N-ethyl adjacent to an activating group) is 1. The van der Waals surface area contributed by atoms with Gasteiger partial charge in [0, 0.05) is 35.8 Å². The molecule has 2 aromatic heterocycles. The third-order valence-corrected chi connectivity index (χ3v) is 3.12. The molecule has 1 saturated heterocycles. The van der Waals surface area contributed by atoms with Gasteiger partial charge in [0.1, 0.15) is 21.9 Å². The predicted octanol–water partition coefficient (Wildman–Crippen LogP) is 1.55. The number of piperidine rings is 1. The Morgan fingerprint density at radius 2 is 2.70 bits per heavy atom. The van der Waals surface area contributed by atoms with Crippen molar-refractivity contribution in [2.24, 2.45) is 5.92 Å². The van der Waals surface area contributed by atoms with Crippen molar-refractivity contribution in [1.29, 1.82) is 0 Å². The van der Waals surface area contributed by atoms with Gasteiger partial charge < -0.3 is 19.6 Å². The summed E-state index contributed by atoms with van der Waals surface area (Å²) >= 11 is 0. The first-order valence-corrected chi connectivity index (χ1v) is 6.45. The van der Waals surface area contributed by atoms with Crippen LogP contribution in [0, 0.1) is 12.5 Å². The van der Waals surface area contributed by atoms with Crippen LogP contribution in [0.3, 0.4) is 0 Å². The Morgan fingerprint density at radius 1 is 1.83 bits per heavy atom. The van der Waals surface area contributed by atoms with Crippen LogP contribution in [0.2, 0.25) is 0 Å². The van der Waals surface area contributed by atoms with Crippen LogP contribution in [0.15, 0.2) is 18.6 Å². The largest absolute Gasteiger partial charge is 0.354 e. The van der Waals surface area contributed by atoms with Crippen molar-refractivity contribution in [2.45, 2.75) is 19.3 Å². The number of aromatic nitrogens is 3. The number of carbonyl (C=O) groups excluding carboxylic acids is 1. The number of hydrogen-bond donors (Lipinski definition) is 1. The Labute approximate surface area is 153 Å². The molecule has 0 aromatic carbocycles. The summed E-state index contributed by atoms with van der Waals surface area (Å²) in [5.74, 6) is -4.99. The SMILES string of the molecule is [2H]c1nc(N(C([2H])([2H])[2H])[C@]2([2H])[C@H](C)C([2H])([2H])C([2H])([2H])N(C(=O)C([2H])([2H])[N+]#[C-])C2([2H])[2H])c2cc[nH]c2n1. The Bertz CT molecular complexity index is 1250. The summed E-state index contributed by atoms with van der Waals surface area (Å²) in [6.45, 7) is -6.64. The number of rotatable bonds is 3. The molecule has 0 unspecified atom stereocenters. The highest BCUT2D eigenvalue weighted by atomic mass is 16.2. The molecule has 120 valence electrons. The molecule has 2 atom stereocenters. The molecule has 0 bridgehead atoms. The van der Waals surface area contributed by atoms with Crippen molar-refractivity contribution < 1.29 is 22.6 Å². The van der Waals surface area contributed by atoms with Crippen LogP contribution in [0.1, 0.15) is 31.1 Å². The van der Waals surface area contributed by atoms with Crippen LogP contribution < -0.4 is 4.90 Å². The molecule has 0 saturated carbocycles. The molecule has 7 nitrogen and oxygen atoms in total. The molecule has 3 rings (SSSR count). The summed E-state index contributed by atoms with van der Waals surface area (Å²) < 4.78 is 107. The highest BCUT2D eigenvalue weighted by Gasteiger charge is 2.33. The van der Waals surface area contributed by atoms with E-state index in [0.717, 1.165) is 6.92 Å². The summed E-state index contributed by atoms with van der Waals surface area (Å²) in [6.07, 6.45) is -2.79. The van der Waals surface area contributed by atoms with Gasteiger partial charge in [-0.1, -0.05) is 6.92 Å². The van der Waals surface area contributed by atoms with Gasteiger partial charge in [-0.05, 0) is 18.4 Å². The molecule has 0 spiro atoms. The average Bonchev–Trinajstić information content (AvgIpc) is 3.19. The van der Waals surface area contributed by atoms with E-state index in [1.165, 1.54) is 12.3 Å². The Hall–Kier alpha value is -2.62. The molecule has 7 heteroatoms. The normalized spacial score (nSPS) is 40.4. The van der Waals surface area contributed by atoms with Gasteiger partial charge in [0.25, 0.3) is 6.50 Å². The van der Waals surface area contributed by atoms with E-state index < -0.39 is 67.7 Å². The van der Waals surface area contributed by atoms with Gasteiger partial charge in [0.05, 0.1) is 15.5 Å². The molecule has 1 N–H and O–H groups in total. The number of hydrogen-bond acceptors (Lipinski definition) is 4. The van der Waals surface area contributed by atoms with Gasteiger partial charge in [-0.15, -0.1) is 0 Å². The first kappa shape index (κ1) is 6.11. The number of nitrogens with zero attached hydrogens (tertiary/aromatic N) is 5. The van der Waals surface area contributed by atoms with Gasteiger partial charge in [0.15, 0.2) is 0 Å². The van der Waals surface area contributed by atoms with Gasteiger partial charge in [-0.2, -0.15) is 0 Å². The molecule has 1 amide bonds. The zero-order chi connectivity index (χ0) is 27.9. The van der Waals surface area contributed by atoms with Crippen LogP contribution >= 0.6 is 0 Å². The number of aromatic amines is 1. The third kappa shape index (κ3) is 2.84. The predicted molar refractivity (Wildman–Crippen MR) is 87.9 cm³/mol. The molecule has 1 aliphatic rings. The molecular weight excluding hydrogens is 292 g/mol. The smallest absolute Gasteiger partial charge is 0.302 e. The maximum absolute atomic E-state index is 13.0. The van der Waals surface area contributed by atoms with E-state index in [1.807, 2.05) is 0 Å². The summed E-state index contributed by atoms with van der Waals surface area (Å²) in [6, 6.07) is -2.14. The van der Waals surface area contributed by atoms with Crippen molar-refractivity contribution in [1.82, 2.24) is 19.9 Å². The lowest BCUT2D eigenvalue weighted by molar-refractivity contribution is -0.130. The summed E-state index contributed by atoms with van der Waals surface area (Å²) in [5.41, 5.74) is -0.0671. The van der Waals surface area contributed by atoms with Gasteiger partial charge in [-0.3, -0.25) is 4.79 Å². The van der Waals surface area contributed by atoms with E-state index in [2.05, 4.69) is 19.8 Å². The minimum atomic E-state index is -3.78. The summed E-state index contributed by atoms with van der Waals surface area (Å²) in [5, 5.41) is -0.0970. The van der Waals surface area contributed by atoms with E-state index in [1.54, 1.807) is 0 Å². The topological polar surface area (TPSA) is 69.5 Å². The van der Waals surface area contributed by atoms with Gasteiger partial charge >= 0.3 is 5.91 Å². The maximum atomic E-state index is 13.0. The van der Waals surface area contributed by atoms with E-state index in [0.29, 0.717) is 0 Å². The number of H-pyrrole nitrogens is 1. The molecule has 1 aliphatic heterocycles. The number of amides is 1. The van der Waals surface area contributed by atoms with Crippen LogP contribution in [0.4, 0.5) is 5.82 Å². The third-order valence-electron chi connectivity index (χ3n) is 3.12. The minimum Gasteiger partial charge on any atom is -0.354 e. The fourth-order valence-electron chi connectivity index (χ4n) is 2.01. The minimum absolute atomic E-state index is 0.0671. The lowest BCUT2D eigenvalue weighted by Crippen LogP contribution is -2.53. The van der Waals surface area contributed by atoms with Crippen LogP contribution in [0.25, 0.3) is 15.9 Å². The molecule has 23 heavy (non-hydrogen) atoms. The lowest BCUT2D eigenvalue weighted by Gasteiger charge is -2.41. The first-order chi connectivity index (χ1) is 16.1. The van der Waals surface area contributed by atoms with Crippen molar-refractivity contribution in [2.75, 3.05) is 31.4 Å². The fourth-order valence-corrected chi connectivity index (χ4v) is 2.01. The summed E-state index contributed by atoms with van der Waals surface area (Å²) in [4.78, 5) is 25.1. The molecule has 2 aromatic rings. The second kappa shape index (κ2) is 6.24. The number of carbonyl (C=O) groups is 1. The fraction of sp³-hybridized carbons (Fsp3) is 0.500. The van der Waals surface area contributed by atoms with Gasteiger partial charge in [-0.25, -0.2) is 16.5 Å². The van der Waals surface area contributed by atoms with Crippen molar-refractivity contribution in [3.63, 3.8) is 0 Å². The Morgan fingerprint density at radius 3 is 3.48 bits per heavy atom. The number of likely N-dealkylation sites (tertiary alicyclic amines) is 1. The zero-order valence-electron chi connectivity index (χ0n) is 24.9. The zero-order valence-corrected chi connectivity index (χ0v) is 11.9. The van der Waals surface area contributed by atoms with E-state index >= 15 is 0 Å². The van der Waals surface area contributed by atoms with Gasteiger partial charge in [0.2, 0.25) is 0 Å². The van der Waals surface area contributed by atoms with Crippen LogP contribution in [-0.4, -0.2) is 58.2 Å². The van der Waals surface area contributed by atoms with Crippen LogP contribution in [0.5, 0.6) is 0 Å². The molecule has 1 fully saturated rings. The van der Waals surface area contributed by atoms with Crippen molar-refractivity contribution in [3.8, 4) is 0 Å². The molecular formula is C16H20N6O. The maximum Gasteiger partial charge on any atom is 0.302 e. The number of fused-ring (bicyclic) bond motifs is 1. The number of nitrogens with one attached hydrogen (secondary N) is 1. The highest BCUT2D eigenvalue weighted by Crippen LogP contribution is 2.28. The monoisotopic (exact) mass is 325 g/mol. The lowest BCUT2D eigenvalue weighted by atomic mass is 9.92. The van der Waals surface area contributed by atoms with E-state index in [-0.39, 0.29) is 15.9 Å². The molecule has 0 aliphatic carbocycles. The molecule has 3 heterocycles. The number of anilines is 1. The second-order valence-corrected chi connectivity index (χ2v) is 4.56.